The lowest BCUT2D eigenvalue weighted by Crippen LogP contribution is -2.09. The molecule has 15 heavy (non-hydrogen) atoms. The maximum atomic E-state index is 5.83. The molecule has 1 rings (SSSR count). The van der Waals surface area contributed by atoms with Crippen LogP contribution in [0, 0.1) is 5.92 Å². The maximum Gasteiger partial charge on any atom is 0.219 e. The van der Waals surface area contributed by atoms with Gasteiger partial charge in [0.2, 0.25) is 3.79 Å². The lowest BCUT2D eigenvalue weighted by molar-refractivity contribution is 0.269. The van der Waals surface area contributed by atoms with E-state index in [9.17, 15) is 0 Å². The monoisotopic (exact) mass is 266 g/mol. The van der Waals surface area contributed by atoms with Gasteiger partial charge >= 0.3 is 0 Å². The first-order valence-corrected chi connectivity index (χ1v) is 5.83. The van der Waals surface area contributed by atoms with Crippen molar-refractivity contribution in [2.75, 3.05) is 6.61 Å². The van der Waals surface area contributed by atoms with Crippen LogP contribution >= 0.6 is 34.8 Å². The molecule has 0 atom stereocenters. The lowest BCUT2D eigenvalue weighted by Gasteiger charge is -2.17. The van der Waals surface area contributed by atoms with E-state index in [-0.39, 0.29) is 0 Å². The van der Waals surface area contributed by atoms with E-state index in [0.717, 1.165) is 0 Å². The highest BCUT2D eigenvalue weighted by Gasteiger charge is 2.26. The number of ether oxygens (including phenoxy) is 1. The molecule has 0 aliphatic carbocycles. The van der Waals surface area contributed by atoms with Crippen molar-refractivity contribution in [2.24, 2.45) is 5.92 Å². The Morgan fingerprint density at radius 3 is 2.33 bits per heavy atom. The smallest absolute Gasteiger partial charge is 0.219 e. The van der Waals surface area contributed by atoms with Crippen LogP contribution in [-0.2, 0) is 3.79 Å². The highest BCUT2D eigenvalue weighted by Crippen LogP contribution is 2.42. The van der Waals surface area contributed by atoms with Crippen molar-refractivity contribution in [3.05, 3.63) is 29.8 Å². The first-order valence-electron chi connectivity index (χ1n) is 4.70. The lowest BCUT2D eigenvalue weighted by atomic mass is 10.2. The van der Waals surface area contributed by atoms with Gasteiger partial charge in [0.15, 0.2) is 0 Å². The summed E-state index contributed by atoms with van der Waals surface area (Å²) in [4.78, 5) is 0. The Bertz CT molecular complexity index is 318. The fourth-order valence-corrected chi connectivity index (χ4v) is 1.55. The Labute approximate surface area is 105 Å². The summed E-state index contributed by atoms with van der Waals surface area (Å²) in [5.74, 6) is 1.07. The van der Waals surface area contributed by atoms with Gasteiger partial charge in [-0.2, -0.15) is 0 Å². The van der Waals surface area contributed by atoms with Gasteiger partial charge in [0, 0.05) is 5.56 Å². The Kier molecular flexibility index (Phi) is 4.57. The normalized spacial score (nSPS) is 11.9. The number of alkyl halides is 3. The van der Waals surface area contributed by atoms with Crippen LogP contribution in [0.15, 0.2) is 24.3 Å². The van der Waals surface area contributed by atoms with Crippen molar-refractivity contribution in [1.29, 1.82) is 0 Å². The second-order valence-corrected chi connectivity index (χ2v) is 5.98. The van der Waals surface area contributed by atoms with Crippen molar-refractivity contribution >= 4 is 34.8 Å². The van der Waals surface area contributed by atoms with Crippen molar-refractivity contribution in [3.63, 3.8) is 0 Å². The summed E-state index contributed by atoms with van der Waals surface area (Å²) in [6.45, 7) is 4.74. The summed E-state index contributed by atoms with van der Waals surface area (Å²) in [5, 5.41) is 0. The average Bonchev–Trinajstić information content (AvgIpc) is 2.13. The molecule has 0 radical (unpaired) electrons. The predicted octanol–water partition coefficient (Wildman–Crippen LogP) is 4.55. The van der Waals surface area contributed by atoms with E-state index in [4.69, 9.17) is 39.5 Å². The first kappa shape index (κ1) is 13.0. The van der Waals surface area contributed by atoms with Crippen LogP contribution in [0.5, 0.6) is 5.75 Å². The van der Waals surface area contributed by atoms with E-state index in [1.807, 2.05) is 12.1 Å². The minimum absolute atomic E-state index is 0.438. The summed E-state index contributed by atoms with van der Waals surface area (Å²) in [5.41, 5.74) is 0.579. The van der Waals surface area contributed by atoms with Gasteiger partial charge < -0.3 is 4.74 Å². The average molecular weight is 268 g/mol. The molecule has 0 aliphatic rings. The third kappa shape index (κ3) is 4.10. The molecular formula is C11H13Cl3O. The zero-order valence-corrected chi connectivity index (χ0v) is 10.9. The van der Waals surface area contributed by atoms with E-state index >= 15 is 0 Å². The SMILES string of the molecule is CC(C)COc1ccccc1C(Cl)(Cl)Cl. The third-order valence-corrected chi connectivity index (χ3v) is 2.38. The van der Waals surface area contributed by atoms with Gasteiger partial charge in [0.25, 0.3) is 0 Å². The van der Waals surface area contributed by atoms with E-state index in [1.54, 1.807) is 12.1 Å². The highest BCUT2D eigenvalue weighted by atomic mass is 35.6. The zero-order chi connectivity index (χ0) is 11.5. The Morgan fingerprint density at radius 2 is 1.80 bits per heavy atom. The van der Waals surface area contributed by atoms with Crippen LogP contribution in [0.1, 0.15) is 19.4 Å². The van der Waals surface area contributed by atoms with Crippen molar-refractivity contribution in [1.82, 2.24) is 0 Å². The van der Waals surface area contributed by atoms with Crippen LogP contribution in [-0.4, -0.2) is 6.61 Å². The van der Waals surface area contributed by atoms with Gasteiger partial charge in [-0.3, -0.25) is 0 Å². The molecule has 0 unspecified atom stereocenters. The summed E-state index contributed by atoms with van der Waals surface area (Å²) in [6, 6.07) is 7.23. The van der Waals surface area contributed by atoms with Crippen LogP contribution in [0.2, 0.25) is 0 Å². The minimum atomic E-state index is -1.44. The molecule has 0 saturated carbocycles. The van der Waals surface area contributed by atoms with Gasteiger partial charge in [-0.25, -0.2) is 0 Å². The summed E-state index contributed by atoms with van der Waals surface area (Å²) in [7, 11) is 0. The number of hydrogen-bond donors (Lipinski definition) is 0. The zero-order valence-electron chi connectivity index (χ0n) is 8.64. The van der Waals surface area contributed by atoms with Crippen LogP contribution in [0.25, 0.3) is 0 Å². The van der Waals surface area contributed by atoms with E-state index in [0.29, 0.717) is 23.8 Å². The number of hydrogen-bond acceptors (Lipinski definition) is 1. The van der Waals surface area contributed by atoms with Gasteiger partial charge in [-0.1, -0.05) is 66.8 Å². The van der Waals surface area contributed by atoms with Crippen LogP contribution in [0.4, 0.5) is 0 Å². The van der Waals surface area contributed by atoms with Gasteiger partial charge in [0.1, 0.15) is 5.75 Å². The van der Waals surface area contributed by atoms with E-state index in [1.165, 1.54) is 0 Å². The molecule has 4 heteroatoms. The van der Waals surface area contributed by atoms with E-state index in [2.05, 4.69) is 13.8 Å². The van der Waals surface area contributed by atoms with Crippen LogP contribution in [0.3, 0.4) is 0 Å². The Morgan fingerprint density at radius 1 is 1.20 bits per heavy atom. The van der Waals surface area contributed by atoms with Crippen molar-refractivity contribution in [2.45, 2.75) is 17.6 Å². The first-order chi connectivity index (χ1) is 6.91. The molecule has 0 amide bonds. The second kappa shape index (κ2) is 5.29. The Hall–Kier alpha value is -0.110. The molecule has 0 fully saturated rings. The number of para-hydroxylation sites is 1. The summed E-state index contributed by atoms with van der Waals surface area (Å²) < 4.78 is 4.13. The maximum absolute atomic E-state index is 5.83. The molecule has 0 heterocycles. The van der Waals surface area contributed by atoms with Crippen molar-refractivity contribution < 1.29 is 4.74 Å². The highest BCUT2D eigenvalue weighted by molar-refractivity contribution is 6.66. The molecule has 84 valence electrons. The Balaban J connectivity index is 2.87. The van der Waals surface area contributed by atoms with Crippen molar-refractivity contribution in [3.8, 4) is 5.75 Å². The van der Waals surface area contributed by atoms with Gasteiger partial charge in [-0.15, -0.1) is 0 Å². The fraction of sp³-hybridized carbons (Fsp3) is 0.455. The molecular weight excluding hydrogens is 254 g/mol. The molecule has 0 N–H and O–H groups in total. The molecule has 1 aromatic rings. The largest absolute Gasteiger partial charge is 0.493 e. The molecule has 0 bridgehead atoms. The summed E-state index contributed by atoms with van der Waals surface area (Å²) in [6.07, 6.45) is 0. The predicted molar refractivity (Wildman–Crippen MR) is 66.0 cm³/mol. The molecule has 0 saturated heterocycles. The topological polar surface area (TPSA) is 9.23 Å². The van der Waals surface area contributed by atoms with Gasteiger partial charge in [-0.05, 0) is 12.0 Å². The summed E-state index contributed by atoms with van der Waals surface area (Å²) >= 11 is 17.5. The minimum Gasteiger partial charge on any atom is -0.493 e. The van der Waals surface area contributed by atoms with Gasteiger partial charge in [0.05, 0.1) is 6.61 Å². The molecule has 0 aromatic heterocycles. The molecule has 1 nitrogen and oxygen atoms in total. The fourth-order valence-electron chi connectivity index (χ4n) is 1.08. The third-order valence-electron chi connectivity index (χ3n) is 1.76. The second-order valence-electron chi connectivity index (χ2n) is 3.70. The van der Waals surface area contributed by atoms with Crippen LogP contribution < -0.4 is 4.74 Å². The van der Waals surface area contributed by atoms with E-state index < -0.39 is 3.79 Å². The molecule has 1 aromatic carbocycles. The molecule has 0 aliphatic heterocycles. The number of benzene rings is 1. The quantitative estimate of drug-likeness (QED) is 0.730. The standard InChI is InChI=1S/C11H13Cl3O/c1-8(2)7-15-10-6-4-3-5-9(10)11(12,13)14/h3-6,8H,7H2,1-2H3. The number of rotatable bonds is 3. The molecule has 0 spiro atoms. The number of halogens is 3.